The molecule has 1 aromatic carbocycles. The van der Waals surface area contributed by atoms with Crippen molar-refractivity contribution in [1.29, 1.82) is 0 Å². The molecule has 3 nitrogen and oxygen atoms in total. The van der Waals surface area contributed by atoms with Gasteiger partial charge >= 0.3 is 0 Å². The number of nitrogens with one attached hydrogen (secondary N) is 1. The van der Waals surface area contributed by atoms with Crippen molar-refractivity contribution in [3.05, 3.63) is 40.1 Å². The monoisotopic (exact) mass is 327 g/mol. The Kier molecular flexibility index (Phi) is 5.52. The summed E-state index contributed by atoms with van der Waals surface area (Å²) in [5, 5.41) is 5.18. The molecule has 0 saturated carbocycles. The minimum absolute atomic E-state index is 0.552. The Morgan fingerprint density at radius 3 is 2.65 bits per heavy atom. The van der Waals surface area contributed by atoms with E-state index in [1.54, 1.807) is 24.2 Å². The zero-order valence-corrected chi connectivity index (χ0v) is 13.6. The summed E-state index contributed by atoms with van der Waals surface area (Å²) in [7, 11) is 1.87. The van der Waals surface area contributed by atoms with Gasteiger partial charge in [0, 0.05) is 17.5 Å². The van der Waals surface area contributed by atoms with Crippen LogP contribution in [0, 0.1) is 0 Å². The summed E-state index contributed by atoms with van der Waals surface area (Å²) < 4.78 is 0. The molecular formula is C14H15Cl2N3S. The van der Waals surface area contributed by atoms with E-state index in [0.717, 1.165) is 34.1 Å². The molecule has 1 N–H and O–H groups in total. The fraction of sp³-hybridized carbons (Fsp3) is 0.286. The number of rotatable bonds is 5. The largest absolute Gasteiger partial charge is 0.373 e. The zero-order chi connectivity index (χ0) is 14.5. The van der Waals surface area contributed by atoms with Gasteiger partial charge in [-0.15, -0.1) is 0 Å². The zero-order valence-electron chi connectivity index (χ0n) is 11.3. The lowest BCUT2D eigenvalue weighted by molar-refractivity contribution is 0.858. The van der Waals surface area contributed by atoms with E-state index in [9.17, 15) is 0 Å². The average molecular weight is 328 g/mol. The molecule has 0 aliphatic carbocycles. The Bertz CT molecular complexity index is 605. The summed E-state index contributed by atoms with van der Waals surface area (Å²) in [5.41, 5.74) is 1.13. The lowest BCUT2D eigenvalue weighted by Crippen LogP contribution is -2.02. The van der Waals surface area contributed by atoms with E-state index in [0.29, 0.717) is 10.0 Å². The summed E-state index contributed by atoms with van der Waals surface area (Å²) in [4.78, 5) is 9.67. The van der Waals surface area contributed by atoms with E-state index in [-0.39, 0.29) is 0 Å². The third-order valence-corrected chi connectivity index (χ3v) is 4.52. The Balaban J connectivity index is 2.34. The van der Waals surface area contributed by atoms with Gasteiger partial charge in [0.1, 0.15) is 17.2 Å². The number of anilines is 1. The molecule has 0 radical (unpaired) electrons. The first-order chi connectivity index (χ1) is 9.65. The second kappa shape index (κ2) is 7.16. The third-order valence-electron chi connectivity index (χ3n) is 2.75. The molecular weight excluding hydrogens is 313 g/mol. The third kappa shape index (κ3) is 3.57. The second-order valence-electron chi connectivity index (χ2n) is 4.18. The summed E-state index contributed by atoms with van der Waals surface area (Å²) >= 11 is 13.6. The standard InChI is InChI=1S/C14H15Cl2N3S/c1-3-4-10-13(17-2)18-8-19-14(10)20-9-5-6-11(15)12(16)7-9/h5-8H,3-4H2,1-2H3,(H,17,18,19). The summed E-state index contributed by atoms with van der Waals surface area (Å²) in [6.07, 6.45) is 3.54. The molecule has 6 heteroatoms. The maximum Gasteiger partial charge on any atom is 0.133 e. The van der Waals surface area contributed by atoms with E-state index in [1.165, 1.54) is 0 Å². The van der Waals surface area contributed by atoms with Crippen molar-refractivity contribution in [1.82, 2.24) is 9.97 Å². The predicted molar refractivity (Wildman–Crippen MR) is 86.2 cm³/mol. The highest BCUT2D eigenvalue weighted by atomic mass is 35.5. The molecule has 0 bridgehead atoms. The van der Waals surface area contributed by atoms with Crippen LogP contribution in [0.3, 0.4) is 0 Å². The highest BCUT2D eigenvalue weighted by molar-refractivity contribution is 7.99. The normalized spacial score (nSPS) is 10.6. The number of halogens is 2. The van der Waals surface area contributed by atoms with Crippen molar-refractivity contribution in [2.24, 2.45) is 0 Å². The molecule has 1 heterocycles. The number of aromatic nitrogens is 2. The van der Waals surface area contributed by atoms with E-state index < -0.39 is 0 Å². The van der Waals surface area contributed by atoms with Crippen LogP contribution < -0.4 is 5.32 Å². The molecule has 0 saturated heterocycles. The summed E-state index contributed by atoms with van der Waals surface area (Å²) in [6, 6.07) is 5.59. The van der Waals surface area contributed by atoms with Crippen LogP contribution in [0.4, 0.5) is 5.82 Å². The Morgan fingerprint density at radius 1 is 1.20 bits per heavy atom. The Morgan fingerprint density at radius 2 is 2.00 bits per heavy atom. The van der Waals surface area contributed by atoms with Crippen LogP contribution in [0.5, 0.6) is 0 Å². The molecule has 20 heavy (non-hydrogen) atoms. The van der Waals surface area contributed by atoms with Crippen LogP contribution in [0.2, 0.25) is 10.0 Å². The molecule has 0 unspecified atom stereocenters. The molecule has 0 spiro atoms. The van der Waals surface area contributed by atoms with E-state index in [4.69, 9.17) is 23.2 Å². The minimum atomic E-state index is 0.552. The van der Waals surface area contributed by atoms with Crippen LogP contribution in [0.25, 0.3) is 0 Å². The van der Waals surface area contributed by atoms with Crippen LogP contribution in [0.1, 0.15) is 18.9 Å². The maximum atomic E-state index is 6.05. The molecule has 0 fully saturated rings. The number of hydrogen-bond acceptors (Lipinski definition) is 4. The predicted octanol–water partition coefficient (Wildman–Crippen LogP) is 4.93. The Hall–Kier alpha value is -0.970. The SMILES string of the molecule is CCCc1c(NC)ncnc1Sc1ccc(Cl)c(Cl)c1. The topological polar surface area (TPSA) is 37.8 Å². The number of nitrogens with zero attached hydrogens (tertiary/aromatic N) is 2. The van der Waals surface area contributed by atoms with Crippen molar-refractivity contribution < 1.29 is 0 Å². The molecule has 0 atom stereocenters. The first-order valence-electron chi connectivity index (χ1n) is 6.30. The van der Waals surface area contributed by atoms with E-state index in [2.05, 4.69) is 22.2 Å². The van der Waals surface area contributed by atoms with Crippen molar-refractivity contribution in [3.63, 3.8) is 0 Å². The molecule has 106 valence electrons. The molecule has 2 rings (SSSR count). The van der Waals surface area contributed by atoms with Gasteiger partial charge in [0.05, 0.1) is 10.0 Å². The molecule has 1 aromatic heterocycles. The first kappa shape index (κ1) is 15.4. The van der Waals surface area contributed by atoms with Gasteiger partial charge in [0.25, 0.3) is 0 Å². The molecule has 0 aliphatic rings. The summed E-state index contributed by atoms with van der Waals surface area (Å²) in [6.45, 7) is 2.14. The average Bonchev–Trinajstić information content (AvgIpc) is 2.45. The van der Waals surface area contributed by atoms with Crippen LogP contribution >= 0.6 is 35.0 Å². The van der Waals surface area contributed by atoms with Gasteiger partial charge in [-0.3, -0.25) is 0 Å². The minimum Gasteiger partial charge on any atom is -0.373 e. The second-order valence-corrected chi connectivity index (χ2v) is 6.06. The van der Waals surface area contributed by atoms with Gasteiger partial charge in [-0.05, 0) is 24.6 Å². The Labute approximate surface area is 133 Å². The molecule has 0 aliphatic heterocycles. The van der Waals surface area contributed by atoms with E-state index in [1.807, 2.05) is 19.2 Å². The van der Waals surface area contributed by atoms with Crippen molar-refractivity contribution in [2.75, 3.05) is 12.4 Å². The number of benzene rings is 1. The van der Waals surface area contributed by atoms with Crippen LogP contribution in [-0.2, 0) is 6.42 Å². The molecule has 0 amide bonds. The lowest BCUT2D eigenvalue weighted by atomic mass is 10.2. The van der Waals surface area contributed by atoms with E-state index >= 15 is 0 Å². The quantitative estimate of drug-likeness (QED) is 0.790. The van der Waals surface area contributed by atoms with Crippen LogP contribution in [-0.4, -0.2) is 17.0 Å². The fourth-order valence-electron chi connectivity index (χ4n) is 1.83. The van der Waals surface area contributed by atoms with Gasteiger partial charge in [0.15, 0.2) is 0 Å². The van der Waals surface area contributed by atoms with Gasteiger partial charge in [-0.1, -0.05) is 48.3 Å². The fourth-order valence-corrected chi connectivity index (χ4v) is 3.15. The van der Waals surface area contributed by atoms with Crippen molar-refractivity contribution >= 4 is 40.8 Å². The maximum absolute atomic E-state index is 6.05. The van der Waals surface area contributed by atoms with Crippen molar-refractivity contribution in [2.45, 2.75) is 29.7 Å². The van der Waals surface area contributed by atoms with Crippen LogP contribution in [0.15, 0.2) is 34.4 Å². The number of hydrogen-bond donors (Lipinski definition) is 1. The van der Waals surface area contributed by atoms with Gasteiger partial charge < -0.3 is 5.32 Å². The van der Waals surface area contributed by atoms with Gasteiger partial charge in [-0.25, -0.2) is 9.97 Å². The molecule has 2 aromatic rings. The highest BCUT2D eigenvalue weighted by Gasteiger charge is 2.11. The summed E-state index contributed by atoms with van der Waals surface area (Å²) in [5.74, 6) is 0.879. The van der Waals surface area contributed by atoms with Crippen molar-refractivity contribution in [3.8, 4) is 0 Å². The lowest BCUT2D eigenvalue weighted by Gasteiger charge is -2.11. The first-order valence-corrected chi connectivity index (χ1v) is 7.87. The highest BCUT2D eigenvalue weighted by Crippen LogP contribution is 2.34. The smallest absolute Gasteiger partial charge is 0.133 e. The van der Waals surface area contributed by atoms with Gasteiger partial charge in [-0.2, -0.15) is 0 Å². The van der Waals surface area contributed by atoms with Gasteiger partial charge in [0.2, 0.25) is 0 Å².